The van der Waals surface area contributed by atoms with E-state index in [4.69, 9.17) is 13.9 Å². The fraction of sp³-hybridized carbons (Fsp3) is 0.188. The maximum atomic E-state index is 12.0. The van der Waals surface area contributed by atoms with Crippen molar-refractivity contribution in [2.24, 2.45) is 0 Å². The van der Waals surface area contributed by atoms with Crippen LogP contribution < -0.4 is 14.8 Å². The lowest BCUT2D eigenvalue weighted by atomic mass is 10.3. The number of benzene rings is 1. The Bertz CT molecular complexity index is 780. The molecule has 0 aliphatic carbocycles. The van der Waals surface area contributed by atoms with Crippen molar-refractivity contribution in [1.29, 1.82) is 0 Å². The number of nitrogens with zero attached hydrogens (tertiary/aromatic N) is 2. The van der Waals surface area contributed by atoms with Crippen LogP contribution in [0.5, 0.6) is 11.5 Å². The van der Waals surface area contributed by atoms with E-state index in [2.05, 4.69) is 20.0 Å². The minimum Gasteiger partial charge on any atom is -0.497 e. The molecule has 0 aliphatic heterocycles. The van der Waals surface area contributed by atoms with Gasteiger partial charge in [-0.15, -0.1) is 0 Å². The monoisotopic (exact) mass is 329 g/mol. The Morgan fingerprint density at radius 2 is 2.00 bits per heavy atom. The van der Waals surface area contributed by atoms with Crippen molar-refractivity contribution < 1.29 is 23.2 Å². The lowest BCUT2D eigenvalue weighted by Gasteiger charge is -2.04. The summed E-state index contributed by atoms with van der Waals surface area (Å²) in [5.74, 6) is 1.32. The molecule has 24 heavy (non-hydrogen) atoms. The number of carbonyl (C=O) groups excluding carboxylic acids is 1. The Labute approximate surface area is 137 Å². The summed E-state index contributed by atoms with van der Waals surface area (Å²) in [5.41, 5.74) is 0.793. The van der Waals surface area contributed by atoms with Gasteiger partial charge in [0.2, 0.25) is 5.89 Å². The minimum absolute atomic E-state index is 0.114. The fourth-order valence-electron chi connectivity index (χ4n) is 1.89. The number of nitrogens with one attached hydrogen (secondary N) is 1. The number of hydrogen-bond donors (Lipinski definition) is 1. The number of carbonyl (C=O) groups is 1. The summed E-state index contributed by atoms with van der Waals surface area (Å²) in [6.45, 7) is 0.364. The van der Waals surface area contributed by atoms with Crippen LogP contribution >= 0.6 is 0 Å². The zero-order chi connectivity index (χ0) is 16.8. The molecule has 0 aliphatic rings. The highest BCUT2D eigenvalue weighted by molar-refractivity contribution is 5.91. The van der Waals surface area contributed by atoms with Gasteiger partial charge in [0.15, 0.2) is 12.3 Å². The summed E-state index contributed by atoms with van der Waals surface area (Å²) in [6, 6.07) is 8.78. The maximum absolute atomic E-state index is 12.0. The Morgan fingerprint density at radius 1 is 1.21 bits per heavy atom. The normalized spacial score (nSPS) is 10.4. The van der Waals surface area contributed by atoms with Crippen LogP contribution in [0.1, 0.15) is 22.1 Å². The molecule has 0 radical (unpaired) electrons. The van der Waals surface area contributed by atoms with Crippen molar-refractivity contribution in [1.82, 2.24) is 15.5 Å². The van der Waals surface area contributed by atoms with E-state index in [1.54, 1.807) is 37.4 Å². The third-order valence-corrected chi connectivity index (χ3v) is 3.13. The highest BCUT2D eigenvalue weighted by atomic mass is 16.5. The molecule has 8 heteroatoms. The van der Waals surface area contributed by atoms with E-state index in [0.717, 1.165) is 5.75 Å². The van der Waals surface area contributed by atoms with E-state index >= 15 is 0 Å². The van der Waals surface area contributed by atoms with Crippen molar-refractivity contribution in [2.45, 2.75) is 13.2 Å². The van der Waals surface area contributed by atoms with Gasteiger partial charge >= 0.3 is 0 Å². The number of methoxy groups -OCH3 is 1. The van der Waals surface area contributed by atoms with Crippen molar-refractivity contribution >= 4 is 5.91 Å². The molecule has 0 saturated carbocycles. The topological polar surface area (TPSA) is 99.6 Å². The predicted molar refractivity (Wildman–Crippen MR) is 81.5 cm³/mol. The molecule has 8 nitrogen and oxygen atoms in total. The van der Waals surface area contributed by atoms with E-state index in [1.165, 1.54) is 12.5 Å². The third-order valence-electron chi connectivity index (χ3n) is 3.13. The largest absolute Gasteiger partial charge is 0.497 e. The van der Waals surface area contributed by atoms with Gasteiger partial charge in [0.1, 0.15) is 29.7 Å². The molecule has 2 heterocycles. The van der Waals surface area contributed by atoms with Gasteiger partial charge in [0.25, 0.3) is 5.91 Å². The van der Waals surface area contributed by atoms with Gasteiger partial charge in [0, 0.05) is 6.07 Å². The number of amides is 1. The molecular formula is C16H15N3O5. The van der Waals surface area contributed by atoms with Crippen LogP contribution in [0.4, 0.5) is 0 Å². The van der Waals surface area contributed by atoms with E-state index in [-0.39, 0.29) is 24.8 Å². The van der Waals surface area contributed by atoms with E-state index in [1.807, 2.05) is 0 Å². The van der Waals surface area contributed by atoms with Crippen molar-refractivity contribution in [3.63, 3.8) is 0 Å². The van der Waals surface area contributed by atoms with Gasteiger partial charge in [-0.25, -0.2) is 4.98 Å². The standard InChI is InChI=1S/C16H15N3O5/c1-21-12-2-4-13(5-3-12)22-10-15-18-14(9-23-15)16(20)17-8-11-6-7-24-19-11/h2-7,9H,8,10H2,1H3,(H,17,20). The average molecular weight is 329 g/mol. The van der Waals surface area contributed by atoms with Crippen LogP contribution in [0.2, 0.25) is 0 Å². The molecule has 0 saturated heterocycles. The second kappa shape index (κ2) is 7.32. The van der Waals surface area contributed by atoms with Crippen molar-refractivity contribution in [3.8, 4) is 11.5 Å². The molecular weight excluding hydrogens is 314 g/mol. The van der Waals surface area contributed by atoms with Crippen LogP contribution in [0.25, 0.3) is 0 Å². The molecule has 0 unspecified atom stereocenters. The second-order valence-electron chi connectivity index (χ2n) is 4.76. The van der Waals surface area contributed by atoms with Crippen LogP contribution in [0, 0.1) is 0 Å². The fourth-order valence-corrected chi connectivity index (χ4v) is 1.89. The molecule has 1 aromatic carbocycles. The number of hydrogen-bond acceptors (Lipinski definition) is 7. The number of ether oxygens (including phenoxy) is 2. The molecule has 2 aromatic heterocycles. The molecule has 124 valence electrons. The van der Waals surface area contributed by atoms with E-state index in [0.29, 0.717) is 17.3 Å². The summed E-state index contributed by atoms with van der Waals surface area (Å²) in [6.07, 6.45) is 2.72. The third kappa shape index (κ3) is 3.92. The molecule has 3 aromatic rings. The zero-order valence-electron chi connectivity index (χ0n) is 12.9. The van der Waals surface area contributed by atoms with Crippen LogP contribution in [-0.2, 0) is 13.2 Å². The Kier molecular flexibility index (Phi) is 4.76. The summed E-state index contributed by atoms with van der Waals surface area (Å²) >= 11 is 0. The predicted octanol–water partition coefficient (Wildman–Crippen LogP) is 2.18. The van der Waals surface area contributed by atoms with Crippen LogP contribution in [0.3, 0.4) is 0 Å². The van der Waals surface area contributed by atoms with Crippen molar-refractivity contribution in [2.75, 3.05) is 7.11 Å². The first-order chi connectivity index (χ1) is 11.7. The highest BCUT2D eigenvalue weighted by Gasteiger charge is 2.13. The molecule has 0 bridgehead atoms. The Balaban J connectivity index is 1.51. The second-order valence-corrected chi connectivity index (χ2v) is 4.76. The first-order valence-electron chi connectivity index (χ1n) is 7.13. The summed E-state index contributed by atoms with van der Waals surface area (Å²) < 4.78 is 20.5. The quantitative estimate of drug-likeness (QED) is 0.709. The SMILES string of the molecule is COc1ccc(OCc2nc(C(=O)NCc3ccon3)co2)cc1. The first-order valence-corrected chi connectivity index (χ1v) is 7.13. The van der Waals surface area contributed by atoms with E-state index in [9.17, 15) is 4.79 Å². The molecule has 0 fully saturated rings. The first kappa shape index (κ1) is 15.6. The smallest absolute Gasteiger partial charge is 0.273 e. The Morgan fingerprint density at radius 3 is 2.71 bits per heavy atom. The van der Waals surface area contributed by atoms with Crippen molar-refractivity contribution in [3.05, 3.63) is 60.1 Å². The number of rotatable bonds is 7. The molecule has 0 atom stereocenters. The van der Waals surface area contributed by atoms with Gasteiger partial charge in [0.05, 0.1) is 13.7 Å². The van der Waals surface area contributed by atoms with Gasteiger partial charge in [-0.2, -0.15) is 0 Å². The summed E-state index contributed by atoms with van der Waals surface area (Å²) in [7, 11) is 1.60. The summed E-state index contributed by atoms with van der Waals surface area (Å²) in [5, 5.41) is 6.36. The van der Waals surface area contributed by atoms with Crippen LogP contribution in [0.15, 0.2) is 51.8 Å². The molecule has 3 rings (SSSR count). The molecule has 1 N–H and O–H groups in total. The number of aromatic nitrogens is 2. The van der Waals surface area contributed by atoms with Crippen LogP contribution in [-0.4, -0.2) is 23.2 Å². The minimum atomic E-state index is -0.363. The van der Waals surface area contributed by atoms with Gasteiger partial charge < -0.3 is 23.7 Å². The number of oxazole rings is 1. The van der Waals surface area contributed by atoms with Gasteiger partial charge in [-0.3, -0.25) is 4.79 Å². The molecule has 0 spiro atoms. The average Bonchev–Trinajstić information content (AvgIpc) is 3.30. The van der Waals surface area contributed by atoms with E-state index < -0.39 is 0 Å². The lowest BCUT2D eigenvalue weighted by Crippen LogP contribution is -2.23. The van der Waals surface area contributed by atoms with Gasteiger partial charge in [-0.1, -0.05) is 5.16 Å². The van der Waals surface area contributed by atoms with Gasteiger partial charge in [-0.05, 0) is 24.3 Å². The highest BCUT2D eigenvalue weighted by Crippen LogP contribution is 2.18. The molecule has 1 amide bonds. The summed E-state index contributed by atoms with van der Waals surface area (Å²) in [4.78, 5) is 16.0. The lowest BCUT2D eigenvalue weighted by molar-refractivity contribution is 0.0945. The Hall–Kier alpha value is -3.29. The zero-order valence-corrected chi connectivity index (χ0v) is 12.9. The maximum Gasteiger partial charge on any atom is 0.273 e.